The average molecular weight is 264 g/mol. The van der Waals surface area contributed by atoms with E-state index in [9.17, 15) is 9.18 Å². The molecule has 0 unspecified atom stereocenters. The molecule has 2 rings (SSSR count). The topological polar surface area (TPSA) is 75.4 Å². The van der Waals surface area contributed by atoms with E-state index in [0.29, 0.717) is 30.2 Å². The molecule has 0 atom stereocenters. The lowest BCUT2D eigenvalue weighted by Crippen LogP contribution is -2.17. The van der Waals surface area contributed by atoms with E-state index in [1.807, 2.05) is 0 Å². The van der Waals surface area contributed by atoms with Crippen molar-refractivity contribution in [1.29, 1.82) is 0 Å². The molecule has 5 nitrogen and oxygen atoms in total. The summed E-state index contributed by atoms with van der Waals surface area (Å²) in [6, 6.07) is 5.98. The van der Waals surface area contributed by atoms with Gasteiger partial charge < -0.3 is 14.8 Å². The van der Waals surface area contributed by atoms with Gasteiger partial charge >= 0.3 is 5.97 Å². The monoisotopic (exact) mass is 264 g/mol. The van der Waals surface area contributed by atoms with Gasteiger partial charge in [-0.25, -0.2) is 9.37 Å². The molecule has 0 amide bonds. The SMILES string of the molecule is O=C(O)CCNCc1coc(-c2cccc(F)c2)n1. The van der Waals surface area contributed by atoms with Crippen molar-refractivity contribution < 1.29 is 18.7 Å². The maximum Gasteiger partial charge on any atom is 0.304 e. The minimum absolute atomic E-state index is 0.0502. The van der Waals surface area contributed by atoms with Crippen LogP contribution in [0.4, 0.5) is 4.39 Å². The third kappa shape index (κ3) is 3.89. The van der Waals surface area contributed by atoms with Gasteiger partial charge in [0.2, 0.25) is 5.89 Å². The molecule has 2 aromatic rings. The molecule has 1 aromatic carbocycles. The van der Waals surface area contributed by atoms with Gasteiger partial charge in [-0.3, -0.25) is 4.79 Å². The van der Waals surface area contributed by atoms with Gasteiger partial charge in [0.15, 0.2) is 0 Å². The molecule has 0 aliphatic carbocycles. The molecule has 19 heavy (non-hydrogen) atoms. The fraction of sp³-hybridized carbons (Fsp3) is 0.231. The highest BCUT2D eigenvalue weighted by molar-refractivity contribution is 5.66. The summed E-state index contributed by atoms with van der Waals surface area (Å²) in [6.07, 6.45) is 1.52. The smallest absolute Gasteiger partial charge is 0.304 e. The molecule has 1 heterocycles. The Hall–Kier alpha value is -2.21. The lowest BCUT2D eigenvalue weighted by atomic mass is 10.2. The molecule has 0 saturated heterocycles. The standard InChI is InChI=1S/C13H13FN2O3/c14-10-3-1-2-9(6-10)13-16-11(8-19-13)7-15-5-4-12(17)18/h1-3,6,8,15H,4-5,7H2,(H,17,18). The predicted molar refractivity (Wildman–Crippen MR) is 65.9 cm³/mol. The van der Waals surface area contributed by atoms with Crippen molar-refractivity contribution in [3.05, 3.63) is 42.0 Å². The fourth-order valence-corrected chi connectivity index (χ4v) is 1.55. The van der Waals surface area contributed by atoms with Gasteiger partial charge in [0.05, 0.1) is 12.1 Å². The van der Waals surface area contributed by atoms with Crippen LogP contribution in [-0.4, -0.2) is 22.6 Å². The van der Waals surface area contributed by atoms with Crippen LogP contribution in [0.1, 0.15) is 12.1 Å². The normalized spacial score (nSPS) is 10.6. The van der Waals surface area contributed by atoms with Gasteiger partial charge in [-0.15, -0.1) is 0 Å². The summed E-state index contributed by atoms with van der Waals surface area (Å²) in [7, 11) is 0. The maximum atomic E-state index is 13.0. The number of rotatable bonds is 6. The van der Waals surface area contributed by atoms with Gasteiger partial charge in [0.1, 0.15) is 12.1 Å². The molecule has 100 valence electrons. The molecule has 2 N–H and O–H groups in total. The van der Waals surface area contributed by atoms with Crippen LogP contribution in [0.15, 0.2) is 34.9 Å². The summed E-state index contributed by atoms with van der Waals surface area (Å²) < 4.78 is 18.3. The Kier molecular flexibility index (Phi) is 4.25. The fourth-order valence-electron chi connectivity index (χ4n) is 1.55. The maximum absolute atomic E-state index is 13.0. The van der Waals surface area contributed by atoms with Gasteiger partial charge in [-0.2, -0.15) is 0 Å². The van der Waals surface area contributed by atoms with E-state index in [0.717, 1.165) is 0 Å². The number of benzene rings is 1. The summed E-state index contributed by atoms with van der Waals surface area (Å²) in [6.45, 7) is 0.767. The summed E-state index contributed by atoms with van der Waals surface area (Å²) in [5.74, 6) is -0.862. The number of aromatic nitrogens is 1. The summed E-state index contributed by atoms with van der Waals surface area (Å²) in [4.78, 5) is 14.5. The van der Waals surface area contributed by atoms with E-state index >= 15 is 0 Å². The van der Waals surface area contributed by atoms with Gasteiger partial charge in [0.25, 0.3) is 0 Å². The van der Waals surface area contributed by atoms with Crippen molar-refractivity contribution in [3.8, 4) is 11.5 Å². The van der Waals surface area contributed by atoms with Crippen LogP contribution in [0.2, 0.25) is 0 Å². The second-order valence-electron chi connectivity index (χ2n) is 3.97. The molecule has 0 bridgehead atoms. The van der Waals surface area contributed by atoms with Crippen molar-refractivity contribution in [2.45, 2.75) is 13.0 Å². The lowest BCUT2D eigenvalue weighted by Gasteiger charge is -1.98. The molecular weight excluding hydrogens is 251 g/mol. The third-order valence-corrected chi connectivity index (χ3v) is 2.45. The highest BCUT2D eigenvalue weighted by Gasteiger charge is 2.07. The van der Waals surface area contributed by atoms with Crippen LogP contribution < -0.4 is 5.32 Å². The van der Waals surface area contributed by atoms with Gasteiger partial charge in [0, 0.05) is 18.7 Å². The second kappa shape index (κ2) is 6.10. The number of hydrogen-bond acceptors (Lipinski definition) is 4. The predicted octanol–water partition coefficient (Wildman–Crippen LogP) is 2.04. The molecule has 6 heteroatoms. The number of carbonyl (C=O) groups is 1. The Morgan fingerprint density at radius 2 is 2.32 bits per heavy atom. The zero-order valence-corrected chi connectivity index (χ0v) is 10.1. The summed E-state index contributed by atoms with van der Waals surface area (Å²) >= 11 is 0. The Labute approximate surface area is 109 Å². The largest absolute Gasteiger partial charge is 0.481 e. The second-order valence-corrected chi connectivity index (χ2v) is 3.97. The van der Waals surface area contributed by atoms with Crippen LogP contribution in [0.3, 0.4) is 0 Å². The molecule has 0 fully saturated rings. The van der Waals surface area contributed by atoms with Crippen LogP contribution in [0.5, 0.6) is 0 Å². The van der Waals surface area contributed by atoms with Crippen LogP contribution in [0, 0.1) is 5.82 Å². The quantitative estimate of drug-likeness (QED) is 0.781. The number of hydrogen-bond donors (Lipinski definition) is 2. The zero-order chi connectivity index (χ0) is 13.7. The van der Waals surface area contributed by atoms with E-state index < -0.39 is 5.97 Å². The van der Waals surface area contributed by atoms with E-state index in [4.69, 9.17) is 9.52 Å². The van der Waals surface area contributed by atoms with E-state index in [1.54, 1.807) is 12.1 Å². The van der Waals surface area contributed by atoms with Crippen molar-refractivity contribution >= 4 is 5.97 Å². The Morgan fingerprint density at radius 3 is 3.05 bits per heavy atom. The first kappa shape index (κ1) is 13.2. The van der Waals surface area contributed by atoms with E-state index in [-0.39, 0.29) is 12.2 Å². The number of halogens is 1. The zero-order valence-electron chi connectivity index (χ0n) is 10.1. The van der Waals surface area contributed by atoms with E-state index in [1.165, 1.54) is 18.4 Å². The van der Waals surface area contributed by atoms with Crippen molar-refractivity contribution in [3.63, 3.8) is 0 Å². The third-order valence-electron chi connectivity index (χ3n) is 2.45. The first-order valence-electron chi connectivity index (χ1n) is 5.78. The Morgan fingerprint density at radius 1 is 1.47 bits per heavy atom. The van der Waals surface area contributed by atoms with Gasteiger partial charge in [-0.05, 0) is 18.2 Å². The first-order valence-corrected chi connectivity index (χ1v) is 5.78. The highest BCUT2D eigenvalue weighted by atomic mass is 19.1. The Balaban J connectivity index is 1.94. The first-order chi connectivity index (χ1) is 9.15. The molecular formula is C13H13FN2O3. The van der Waals surface area contributed by atoms with Crippen LogP contribution in [0.25, 0.3) is 11.5 Å². The molecule has 0 radical (unpaired) electrons. The van der Waals surface area contributed by atoms with Gasteiger partial charge in [-0.1, -0.05) is 6.07 Å². The molecule has 0 saturated carbocycles. The summed E-state index contributed by atoms with van der Waals surface area (Å²) in [5, 5.41) is 11.4. The minimum Gasteiger partial charge on any atom is -0.481 e. The van der Waals surface area contributed by atoms with Crippen LogP contribution >= 0.6 is 0 Å². The number of oxazole rings is 1. The molecule has 0 aliphatic rings. The molecule has 1 aromatic heterocycles. The molecule has 0 spiro atoms. The van der Waals surface area contributed by atoms with Crippen molar-refractivity contribution in [1.82, 2.24) is 10.3 Å². The number of carboxylic acid groups (broad SMARTS) is 1. The van der Waals surface area contributed by atoms with Crippen molar-refractivity contribution in [2.24, 2.45) is 0 Å². The highest BCUT2D eigenvalue weighted by Crippen LogP contribution is 2.19. The number of carboxylic acids is 1. The van der Waals surface area contributed by atoms with Crippen LogP contribution in [-0.2, 0) is 11.3 Å². The Bertz CT molecular complexity index is 569. The lowest BCUT2D eigenvalue weighted by molar-refractivity contribution is -0.136. The number of nitrogens with one attached hydrogen (secondary N) is 1. The average Bonchev–Trinajstić information content (AvgIpc) is 2.83. The number of nitrogens with zero attached hydrogens (tertiary/aromatic N) is 1. The van der Waals surface area contributed by atoms with Crippen molar-refractivity contribution in [2.75, 3.05) is 6.54 Å². The number of aliphatic carboxylic acids is 1. The molecule has 0 aliphatic heterocycles. The summed E-state index contributed by atoms with van der Waals surface area (Å²) in [5.41, 5.74) is 1.21. The minimum atomic E-state index is -0.854. The van der Waals surface area contributed by atoms with E-state index in [2.05, 4.69) is 10.3 Å².